The molecule has 0 atom stereocenters. The van der Waals surface area contributed by atoms with E-state index in [-0.39, 0.29) is 5.54 Å². The van der Waals surface area contributed by atoms with Crippen LogP contribution in [0.1, 0.15) is 19.5 Å². The molecule has 1 fully saturated rings. The highest BCUT2D eigenvalue weighted by Gasteiger charge is 2.33. The number of nitrogens with two attached hydrogens (primary N) is 1. The van der Waals surface area contributed by atoms with Crippen molar-refractivity contribution in [3.05, 3.63) is 30.1 Å². The summed E-state index contributed by atoms with van der Waals surface area (Å²) in [6, 6.07) is 6.09. The smallest absolute Gasteiger partial charge is 0.151 e. The third-order valence-electron chi connectivity index (χ3n) is 3.89. The Hall–Kier alpha value is -1.59. The van der Waals surface area contributed by atoms with E-state index in [2.05, 4.69) is 29.3 Å². The fourth-order valence-corrected chi connectivity index (χ4v) is 2.87. The first-order chi connectivity index (χ1) is 9.63. The summed E-state index contributed by atoms with van der Waals surface area (Å²) in [7, 11) is 0. The summed E-state index contributed by atoms with van der Waals surface area (Å²) in [5.74, 6) is 1.05. The van der Waals surface area contributed by atoms with Crippen molar-refractivity contribution >= 4 is 11.5 Å². The van der Waals surface area contributed by atoms with Crippen LogP contribution in [-0.2, 0) is 11.2 Å². The fourth-order valence-electron chi connectivity index (χ4n) is 2.87. The normalized spacial score (nSPS) is 18.6. The molecule has 108 valence electrons. The maximum Gasteiger partial charge on any atom is 0.151 e. The van der Waals surface area contributed by atoms with Gasteiger partial charge in [0.2, 0.25) is 0 Å². The van der Waals surface area contributed by atoms with E-state index in [4.69, 9.17) is 15.5 Å². The van der Waals surface area contributed by atoms with E-state index in [1.54, 1.807) is 0 Å². The van der Waals surface area contributed by atoms with Crippen molar-refractivity contribution < 1.29 is 4.74 Å². The number of morpholine rings is 1. The summed E-state index contributed by atoms with van der Waals surface area (Å²) in [5, 5.41) is 0. The van der Waals surface area contributed by atoms with Gasteiger partial charge in [-0.3, -0.25) is 0 Å². The molecule has 0 aliphatic carbocycles. The van der Waals surface area contributed by atoms with Gasteiger partial charge >= 0.3 is 0 Å². The van der Waals surface area contributed by atoms with Gasteiger partial charge in [-0.2, -0.15) is 0 Å². The molecular weight excluding hydrogens is 252 g/mol. The van der Waals surface area contributed by atoms with Crippen molar-refractivity contribution in [3.63, 3.8) is 0 Å². The van der Waals surface area contributed by atoms with E-state index in [9.17, 15) is 0 Å². The lowest BCUT2D eigenvalue weighted by Crippen LogP contribution is -2.53. The maximum absolute atomic E-state index is 5.79. The predicted octanol–water partition coefficient (Wildman–Crippen LogP) is 1.45. The molecule has 2 aromatic rings. The lowest BCUT2D eigenvalue weighted by molar-refractivity contribution is 0.0638. The molecule has 0 aromatic carbocycles. The van der Waals surface area contributed by atoms with E-state index in [0.29, 0.717) is 6.54 Å². The van der Waals surface area contributed by atoms with E-state index < -0.39 is 0 Å². The number of hydrogen-bond acceptors (Lipinski definition) is 4. The number of fused-ring (bicyclic) bond motifs is 1. The van der Waals surface area contributed by atoms with Gasteiger partial charge < -0.3 is 19.8 Å². The number of nitrogens with zero attached hydrogens (tertiary/aromatic N) is 3. The van der Waals surface area contributed by atoms with Crippen molar-refractivity contribution in [2.75, 3.05) is 31.2 Å². The van der Waals surface area contributed by atoms with E-state index in [1.165, 1.54) is 5.69 Å². The molecule has 0 unspecified atom stereocenters. The van der Waals surface area contributed by atoms with Gasteiger partial charge in [0.05, 0.1) is 24.4 Å². The average molecular weight is 274 g/mol. The van der Waals surface area contributed by atoms with Crippen LogP contribution in [0.4, 0.5) is 5.82 Å². The zero-order valence-corrected chi connectivity index (χ0v) is 12.2. The minimum atomic E-state index is -0.0421. The molecule has 0 saturated carbocycles. The maximum atomic E-state index is 5.79. The zero-order valence-electron chi connectivity index (χ0n) is 12.2. The van der Waals surface area contributed by atoms with Crippen molar-refractivity contribution in [1.82, 2.24) is 9.38 Å². The van der Waals surface area contributed by atoms with Crippen molar-refractivity contribution in [3.8, 4) is 0 Å². The van der Waals surface area contributed by atoms with Crippen LogP contribution in [0, 0.1) is 0 Å². The summed E-state index contributed by atoms with van der Waals surface area (Å²) in [4.78, 5) is 7.18. The standard InChI is InChI=1S/C15H22N4O/c1-15(2)11-20-10-9-19(15)14-12(6-7-16)18-8-4-3-5-13(18)17-14/h3-5,8H,6-7,9-11,16H2,1-2H3. The Morgan fingerprint density at radius 3 is 3.00 bits per heavy atom. The van der Waals surface area contributed by atoms with E-state index in [1.807, 2.05) is 18.2 Å². The van der Waals surface area contributed by atoms with Crippen LogP contribution in [0.15, 0.2) is 24.4 Å². The van der Waals surface area contributed by atoms with Crippen LogP contribution in [0.25, 0.3) is 5.65 Å². The molecule has 1 aliphatic heterocycles. The molecule has 0 bridgehead atoms. The molecular formula is C15H22N4O. The second kappa shape index (κ2) is 5.07. The van der Waals surface area contributed by atoms with Gasteiger partial charge in [0.25, 0.3) is 0 Å². The average Bonchev–Trinajstić information content (AvgIpc) is 2.78. The van der Waals surface area contributed by atoms with Crippen molar-refractivity contribution in [1.29, 1.82) is 0 Å². The Bertz CT molecular complexity index is 605. The third kappa shape index (κ3) is 2.17. The van der Waals surface area contributed by atoms with Crippen molar-refractivity contribution in [2.45, 2.75) is 25.8 Å². The molecule has 0 spiro atoms. The van der Waals surface area contributed by atoms with Gasteiger partial charge in [-0.15, -0.1) is 0 Å². The number of imidazole rings is 1. The molecule has 3 heterocycles. The van der Waals surface area contributed by atoms with Crippen molar-refractivity contribution in [2.24, 2.45) is 5.73 Å². The quantitative estimate of drug-likeness (QED) is 0.920. The third-order valence-corrected chi connectivity index (χ3v) is 3.89. The second-order valence-corrected chi connectivity index (χ2v) is 5.87. The van der Waals surface area contributed by atoms with Crippen LogP contribution >= 0.6 is 0 Å². The highest BCUT2D eigenvalue weighted by atomic mass is 16.5. The summed E-state index contributed by atoms with van der Waals surface area (Å²) in [5.41, 5.74) is 7.92. The zero-order chi connectivity index (χ0) is 14.2. The van der Waals surface area contributed by atoms with E-state index >= 15 is 0 Å². The minimum absolute atomic E-state index is 0.0421. The Kier molecular flexibility index (Phi) is 3.40. The monoisotopic (exact) mass is 274 g/mol. The Balaban J connectivity index is 2.12. The Morgan fingerprint density at radius 2 is 2.25 bits per heavy atom. The molecule has 20 heavy (non-hydrogen) atoms. The first-order valence-electron chi connectivity index (χ1n) is 7.15. The molecule has 5 nitrogen and oxygen atoms in total. The van der Waals surface area contributed by atoms with Gasteiger partial charge in [-0.05, 0) is 32.5 Å². The summed E-state index contributed by atoms with van der Waals surface area (Å²) < 4.78 is 7.76. The van der Waals surface area contributed by atoms with Crippen LogP contribution in [0.5, 0.6) is 0 Å². The summed E-state index contributed by atoms with van der Waals surface area (Å²) >= 11 is 0. The highest BCUT2D eigenvalue weighted by Crippen LogP contribution is 2.30. The number of ether oxygens (including phenoxy) is 1. The molecule has 2 N–H and O–H groups in total. The number of pyridine rings is 1. The highest BCUT2D eigenvalue weighted by molar-refractivity contribution is 5.57. The van der Waals surface area contributed by atoms with Gasteiger partial charge in [0.1, 0.15) is 5.65 Å². The number of rotatable bonds is 3. The Labute approximate surface area is 119 Å². The van der Waals surface area contributed by atoms with Crippen LogP contribution in [-0.4, -0.2) is 41.2 Å². The largest absolute Gasteiger partial charge is 0.377 e. The van der Waals surface area contributed by atoms with Gasteiger partial charge in [0, 0.05) is 19.2 Å². The van der Waals surface area contributed by atoms with Crippen LogP contribution in [0.3, 0.4) is 0 Å². The first-order valence-corrected chi connectivity index (χ1v) is 7.15. The predicted molar refractivity (Wildman–Crippen MR) is 80.2 cm³/mol. The summed E-state index contributed by atoms with van der Waals surface area (Å²) in [6.07, 6.45) is 2.89. The van der Waals surface area contributed by atoms with Gasteiger partial charge in [-0.25, -0.2) is 4.98 Å². The summed E-state index contributed by atoms with van der Waals surface area (Å²) in [6.45, 7) is 7.36. The molecule has 1 aliphatic rings. The molecule has 0 amide bonds. The van der Waals surface area contributed by atoms with E-state index in [0.717, 1.165) is 37.6 Å². The fraction of sp³-hybridized carbons (Fsp3) is 0.533. The molecule has 1 saturated heterocycles. The van der Waals surface area contributed by atoms with Gasteiger partial charge in [0.15, 0.2) is 5.82 Å². The minimum Gasteiger partial charge on any atom is -0.377 e. The number of aromatic nitrogens is 2. The second-order valence-electron chi connectivity index (χ2n) is 5.87. The number of hydrogen-bond donors (Lipinski definition) is 1. The lowest BCUT2D eigenvalue weighted by Gasteiger charge is -2.42. The number of anilines is 1. The van der Waals surface area contributed by atoms with Crippen LogP contribution in [0.2, 0.25) is 0 Å². The molecule has 5 heteroatoms. The SMILES string of the molecule is CC1(C)COCCN1c1nc2ccccn2c1CCN. The topological polar surface area (TPSA) is 55.8 Å². The van der Waals surface area contributed by atoms with Crippen LogP contribution < -0.4 is 10.6 Å². The van der Waals surface area contributed by atoms with Gasteiger partial charge in [-0.1, -0.05) is 6.07 Å². The molecule has 2 aromatic heterocycles. The Morgan fingerprint density at radius 1 is 1.40 bits per heavy atom. The lowest BCUT2D eigenvalue weighted by atomic mass is 10.0. The first kappa shape index (κ1) is 13.4. The molecule has 0 radical (unpaired) electrons. The molecule has 3 rings (SSSR count).